The molecule has 2 aromatic carbocycles. The van der Waals surface area contributed by atoms with Crippen LogP contribution in [0.1, 0.15) is 15.9 Å². The van der Waals surface area contributed by atoms with Crippen LogP contribution in [0.25, 0.3) is 0 Å². The number of aromatic carboxylic acids is 1. The van der Waals surface area contributed by atoms with E-state index in [9.17, 15) is 9.18 Å². The van der Waals surface area contributed by atoms with Crippen LogP contribution in [0.2, 0.25) is 0 Å². The number of carboxylic acid groups (broad SMARTS) is 1. The fourth-order valence-corrected chi connectivity index (χ4v) is 2.39. The molecule has 0 radical (unpaired) electrons. The standard InChI is InChI=1S/C19H17FN4O2/c20-16-4-2-1-3-13(16)9-10-21-17-11-18(23-12-22-17)24-15-7-5-14(6-8-15)19(25)26/h1-8,11-12H,9-10H2,(H,25,26)(H2,21,22,23,24). The summed E-state index contributed by atoms with van der Waals surface area (Å²) < 4.78 is 13.6. The molecule has 3 aromatic rings. The second kappa shape index (κ2) is 8.06. The van der Waals surface area contributed by atoms with Crippen molar-refractivity contribution in [1.82, 2.24) is 9.97 Å². The molecule has 132 valence electrons. The van der Waals surface area contributed by atoms with E-state index in [-0.39, 0.29) is 11.4 Å². The Morgan fingerprint density at radius 2 is 1.77 bits per heavy atom. The summed E-state index contributed by atoms with van der Waals surface area (Å²) in [5.74, 6) is -0.0125. The molecule has 3 rings (SSSR count). The van der Waals surface area contributed by atoms with Crippen LogP contribution >= 0.6 is 0 Å². The van der Waals surface area contributed by atoms with E-state index in [0.717, 1.165) is 0 Å². The largest absolute Gasteiger partial charge is 0.478 e. The Kier molecular flexibility index (Phi) is 5.38. The Labute approximate surface area is 149 Å². The molecule has 0 spiro atoms. The number of rotatable bonds is 7. The Morgan fingerprint density at radius 3 is 2.50 bits per heavy atom. The van der Waals surface area contributed by atoms with Crippen molar-refractivity contribution in [3.8, 4) is 0 Å². The molecule has 0 bridgehead atoms. The third-order valence-corrected chi connectivity index (χ3v) is 3.73. The van der Waals surface area contributed by atoms with Gasteiger partial charge in [-0.1, -0.05) is 18.2 Å². The number of benzene rings is 2. The summed E-state index contributed by atoms with van der Waals surface area (Å²) in [6.45, 7) is 0.532. The van der Waals surface area contributed by atoms with Crippen LogP contribution in [0.3, 0.4) is 0 Å². The molecule has 0 fully saturated rings. The molecule has 0 amide bonds. The summed E-state index contributed by atoms with van der Waals surface area (Å²) in [5.41, 5.74) is 1.57. The molecule has 0 aliphatic carbocycles. The van der Waals surface area contributed by atoms with Crippen LogP contribution in [-0.2, 0) is 6.42 Å². The lowest BCUT2D eigenvalue weighted by molar-refractivity contribution is 0.0697. The van der Waals surface area contributed by atoms with Crippen molar-refractivity contribution >= 4 is 23.3 Å². The molecule has 0 atom stereocenters. The molecule has 0 aliphatic heterocycles. The van der Waals surface area contributed by atoms with Gasteiger partial charge < -0.3 is 15.7 Å². The number of hydrogen-bond donors (Lipinski definition) is 3. The molecule has 7 heteroatoms. The van der Waals surface area contributed by atoms with E-state index in [4.69, 9.17) is 5.11 Å². The van der Waals surface area contributed by atoms with Crippen molar-refractivity contribution in [2.24, 2.45) is 0 Å². The van der Waals surface area contributed by atoms with Gasteiger partial charge in [0.15, 0.2) is 0 Å². The number of nitrogens with one attached hydrogen (secondary N) is 2. The van der Waals surface area contributed by atoms with Crippen molar-refractivity contribution < 1.29 is 14.3 Å². The maximum atomic E-state index is 13.6. The third-order valence-electron chi connectivity index (χ3n) is 3.73. The Hall–Kier alpha value is -3.48. The average Bonchev–Trinajstić information content (AvgIpc) is 2.64. The van der Waals surface area contributed by atoms with E-state index in [1.54, 1.807) is 36.4 Å². The highest BCUT2D eigenvalue weighted by atomic mass is 19.1. The monoisotopic (exact) mass is 352 g/mol. The van der Waals surface area contributed by atoms with Crippen molar-refractivity contribution in [2.75, 3.05) is 17.2 Å². The molecule has 0 saturated heterocycles. The van der Waals surface area contributed by atoms with E-state index in [1.165, 1.54) is 24.5 Å². The van der Waals surface area contributed by atoms with Gasteiger partial charge in [0.2, 0.25) is 0 Å². The summed E-state index contributed by atoms with van der Waals surface area (Å²) in [6, 6.07) is 14.7. The van der Waals surface area contributed by atoms with E-state index < -0.39 is 5.97 Å². The maximum Gasteiger partial charge on any atom is 0.335 e. The van der Waals surface area contributed by atoms with Crippen molar-refractivity contribution in [3.05, 3.63) is 77.9 Å². The summed E-state index contributed by atoms with van der Waals surface area (Å²) in [4.78, 5) is 19.1. The molecular formula is C19H17FN4O2. The zero-order chi connectivity index (χ0) is 18.4. The number of anilines is 3. The van der Waals surface area contributed by atoms with Crippen LogP contribution in [-0.4, -0.2) is 27.6 Å². The van der Waals surface area contributed by atoms with E-state index >= 15 is 0 Å². The summed E-state index contributed by atoms with van der Waals surface area (Å²) in [5, 5.41) is 15.1. The van der Waals surface area contributed by atoms with Gasteiger partial charge >= 0.3 is 5.97 Å². The van der Waals surface area contributed by atoms with Crippen molar-refractivity contribution in [3.63, 3.8) is 0 Å². The van der Waals surface area contributed by atoms with Crippen molar-refractivity contribution in [2.45, 2.75) is 6.42 Å². The predicted molar refractivity (Wildman–Crippen MR) is 97.3 cm³/mol. The van der Waals surface area contributed by atoms with Gasteiger partial charge in [-0.25, -0.2) is 19.2 Å². The van der Waals surface area contributed by atoms with Crippen LogP contribution in [0, 0.1) is 5.82 Å². The number of halogens is 1. The van der Waals surface area contributed by atoms with Crippen LogP contribution in [0.5, 0.6) is 0 Å². The molecule has 0 saturated carbocycles. The van der Waals surface area contributed by atoms with Gasteiger partial charge in [-0.3, -0.25) is 0 Å². The summed E-state index contributed by atoms with van der Waals surface area (Å²) in [7, 11) is 0. The van der Waals surface area contributed by atoms with Crippen LogP contribution in [0.4, 0.5) is 21.7 Å². The van der Waals surface area contributed by atoms with E-state index in [1.807, 2.05) is 0 Å². The minimum atomic E-state index is -0.972. The van der Waals surface area contributed by atoms with E-state index in [2.05, 4.69) is 20.6 Å². The average molecular weight is 352 g/mol. The number of carboxylic acids is 1. The van der Waals surface area contributed by atoms with Gasteiger partial charge in [0.05, 0.1) is 5.56 Å². The minimum Gasteiger partial charge on any atom is -0.478 e. The molecule has 0 aliphatic rings. The van der Waals surface area contributed by atoms with Gasteiger partial charge in [0, 0.05) is 18.3 Å². The van der Waals surface area contributed by atoms with Crippen LogP contribution < -0.4 is 10.6 Å². The summed E-state index contributed by atoms with van der Waals surface area (Å²) >= 11 is 0. The number of carbonyl (C=O) groups is 1. The Bertz CT molecular complexity index is 900. The van der Waals surface area contributed by atoms with Gasteiger partial charge in [0.25, 0.3) is 0 Å². The first-order chi connectivity index (χ1) is 12.6. The molecule has 6 nitrogen and oxygen atoms in total. The van der Waals surface area contributed by atoms with Gasteiger partial charge in [-0.15, -0.1) is 0 Å². The fraction of sp³-hybridized carbons (Fsp3) is 0.105. The fourth-order valence-electron chi connectivity index (χ4n) is 2.39. The highest BCUT2D eigenvalue weighted by Crippen LogP contribution is 2.17. The lowest BCUT2D eigenvalue weighted by Gasteiger charge is -2.09. The molecule has 26 heavy (non-hydrogen) atoms. The number of nitrogens with zero attached hydrogens (tertiary/aromatic N) is 2. The second-order valence-corrected chi connectivity index (χ2v) is 5.56. The first-order valence-corrected chi connectivity index (χ1v) is 8.01. The maximum absolute atomic E-state index is 13.6. The van der Waals surface area contributed by atoms with E-state index in [0.29, 0.717) is 35.9 Å². The highest BCUT2D eigenvalue weighted by Gasteiger charge is 2.04. The first-order valence-electron chi connectivity index (χ1n) is 8.01. The number of hydrogen-bond acceptors (Lipinski definition) is 5. The molecule has 0 unspecified atom stereocenters. The number of aromatic nitrogens is 2. The third kappa shape index (κ3) is 4.54. The van der Waals surface area contributed by atoms with Crippen LogP contribution in [0.15, 0.2) is 60.9 Å². The summed E-state index contributed by atoms with van der Waals surface area (Å²) in [6.07, 6.45) is 1.95. The lowest BCUT2D eigenvalue weighted by atomic mass is 10.1. The smallest absolute Gasteiger partial charge is 0.335 e. The normalized spacial score (nSPS) is 10.3. The zero-order valence-corrected chi connectivity index (χ0v) is 13.8. The molecule has 1 aromatic heterocycles. The van der Waals surface area contributed by atoms with Gasteiger partial charge in [-0.05, 0) is 42.3 Å². The second-order valence-electron chi connectivity index (χ2n) is 5.56. The molecular weight excluding hydrogens is 335 g/mol. The predicted octanol–water partition coefficient (Wildman–Crippen LogP) is 3.71. The minimum absolute atomic E-state index is 0.216. The Morgan fingerprint density at radius 1 is 1.04 bits per heavy atom. The molecule has 3 N–H and O–H groups in total. The zero-order valence-electron chi connectivity index (χ0n) is 13.8. The lowest BCUT2D eigenvalue weighted by Crippen LogP contribution is -2.08. The van der Waals surface area contributed by atoms with Gasteiger partial charge in [0.1, 0.15) is 23.8 Å². The SMILES string of the molecule is O=C(O)c1ccc(Nc2cc(NCCc3ccccc3F)ncn2)cc1. The Balaban J connectivity index is 1.59. The topological polar surface area (TPSA) is 87.1 Å². The van der Waals surface area contributed by atoms with Crippen molar-refractivity contribution in [1.29, 1.82) is 0 Å². The molecule has 1 heterocycles. The first kappa shape index (κ1) is 17.3. The van der Waals surface area contributed by atoms with Gasteiger partial charge in [-0.2, -0.15) is 0 Å². The highest BCUT2D eigenvalue weighted by molar-refractivity contribution is 5.88. The quantitative estimate of drug-likeness (QED) is 0.601.